The highest BCUT2D eigenvalue weighted by atomic mass is 32.2. The fraction of sp³-hybridized carbons (Fsp3) is 0.280. The van der Waals surface area contributed by atoms with E-state index in [-0.39, 0.29) is 11.9 Å². The molecule has 3 atom stereocenters. The van der Waals surface area contributed by atoms with Crippen LogP contribution in [0.3, 0.4) is 0 Å². The standard InChI is InChI=1S/C25H25N3O4S/c1-17-4-3-10-27(17)20-5-6-22-19(13-20)14-23(32-22)25(29)28(21-8-11-33(30)16-21)15-18-7-9-26-24(12-18)31-2/h3-13,21,23H,14-16H2,1-2H3. The van der Waals surface area contributed by atoms with Gasteiger partial charge in [-0.1, -0.05) is 6.08 Å². The summed E-state index contributed by atoms with van der Waals surface area (Å²) in [5.41, 5.74) is 4.08. The normalized spacial score (nSPS) is 21.0. The maximum atomic E-state index is 13.7. The zero-order valence-corrected chi connectivity index (χ0v) is 19.3. The molecule has 8 heteroatoms. The van der Waals surface area contributed by atoms with Gasteiger partial charge in [-0.2, -0.15) is 0 Å². The first-order valence-corrected chi connectivity index (χ1v) is 12.2. The van der Waals surface area contributed by atoms with E-state index in [4.69, 9.17) is 9.47 Å². The molecule has 33 heavy (non-hydrogen) atoms. The van der Waals surface area contributed by atoms with Gasteiger partial charge in [0.25, 0.3) is 5.91 Å². The van der Waals surface area contributed by atoms with Crippen molar-refractivity contribution in [2.45, 2.75) is 32.0 Å². The molecule has 1 aromatic carbocycles. The number of hydrogen-bond donors (Lipinski definition) is 0. The van der Waals surface area contributed by atoms with Crippen LogP contribution in [0.25, 0.3) is 5.69 Å². The van der Waals surface area contributed by atoms with E-state index in [1.165, 1.54) is 0 Å². The fourth-order valence-corrected chi connectivity index (χ4v) is 5.43. The number of carbonyl (C=O) groups is 1. The number of benzene rings is 1. The van der Waals surface area contributed by atoms with E-state index in [2.05, 4.69) is 28.6 Å². The molecular formula is C25H25N3O4S. The van der Waals surface area contributed by atoms with Crippen LogP contribution in [0.5, 0.6) is 11.6 Å². The second kappa shape index (κ2) is 8.86. The van der Waals surface area contributed by atoms with E-state index in [9.17, 15) is 9.00 Å². The van der Waals surface area contributed by atoms with E-state index in [0.29, 0.717) is 24.6 Å². The number of fused-ring (bicyclic) bond motifs is 1. The van der Waals surface area contributed by atoms with Crippen molar-refractivity contribution in [1.82, 2.24) is 14.5 Å². The van der Waals surface area contributed by atoms with Crippen molar-refractivity contribution in [3.63, 3.8) is 0 Å². The van der Waals surface area contributed by atoms with E-state index in [0.717, 1.165) is 28.3 Å². The third-order valence-corrected chi connectivity index (χ3v) is 7.19. The SMILES string of the molecule is COc1cc(CN(C(=O)C2Cc3cc(-n4cccc4C)ccc3O2)C2C=CS(=O)C2)ccn1. The molecule has 2 aliphatic heterocycles. The van der Waals surface area contributed by atoms with Gasteiger partial charge in [-0.25, -0.2) is 4.98 Å². The van der Waals surface area contributed by atoms with Crippen molar-refractivity contribution < 1.29 is 18.5 Å². The number of carbonyl (C=O) groups excluding carboxylic acids is 1. The number of pyridine rings is 1. The van der Waals surface area contributed by atoms with Gasteiger partial charge in [0, 0.05) is 64.6 Å². The number of hydrogen-bond acceptors (Lipinski definition) is 5. The van der Waals surface area contributed by atoms with E-state index >= 15 is 0 Å². The second-order valence-electron chi connectivity index (χ2n) is 8.24. The molecule has 0 fully saturated rings. The van der Waals surface area contributed by atoms with Crippen molar-refractivity contribution in [3.05, 3.63) is 83.2 Å². The lowest BCUT2D eigenvalue weighted by Gasteiger charge is -2.30. The van der Waals surface area contributed by atoms with Gasteiger partial charge in [-0.15, -0.1) is 0 Å². The number of methoxy groups -OCH3 is 1. The van der Waals surface area contributed by atoms with Gasteiger partial charge >= 0.3 is 0 Å². The number of aryl methyl sites for hydroxylation is 1. The second-order valence-corrected chi connectivity index (χ2v) is 9.61. The van der Waals surface area contributed by atoms with E-state index < -0.39 is 16.9 Å². The van der Waals surface area contributed by atoms with Crippen LogP contribution in [0.4, 0.5) is 0 Å². The first-order valence-electron chi connectivity index (χ1n) is 10.8. The van der Waals surface area contributed by atoms with Crippen molar-refractivity contribution in [1.29, 1.82) is 0 Å². The van der Waals surface area contributed by atoms with Gasteiger partial charge < -0.3 is 18.9 Å². The molecule has 0 saturated carbocycles. The minimum atomic E-state index is -1.07. The van der Waals surface area contributed by atoms with Crippen molar-refractivity contribution >= 4 is 16.7 Å². The summed E-state index contributed by atoms with van der Waals surface area (Å²) in [6.45, 7) is 2.41. The lowest BCUT2D eigenvalue weighted by atomic mass is 10.1. The molecule has 0 radical (unpaired) electrons. The molecule has 2 aliphatic rings. The van der Waals surface area contributed by atoms with Crippen LogP contribution in [0.15, 0.2) is 66.3 Å². The largest absolute Gasteiger partial charge is 0.481 e. The number of nitrogens with zero attached hydrogens (tertiary/aromatic N) is 3. The van der Waals surface area contributed by atoms with Gasteiger partial charge in [-0.3, -0.25) is 9.00 Å². The molecule has 170 valence electrons. The topological polar surface area (TPSA) is 73.7 Å². The Morgan fingerprint density at radius 2 is 2.18 bits per heavy atom. The summed E-state index contributed by atoms with van der Waals surface area (Å²) in [5, 5.41) is 1.66. The molecule has 0 aliphatic carbocycles. The van der Waals surface area contributed by atoms with Gasteiger partial charge in [0.05, 0.1) is 18.9 Å². The number of rotatable bonds is 6. The van der Waals surface area contributed by atoms with Crippen molar-refractivity contribution in [2.75, 3.05) is 12.9 Å². The van der Waals surface area contributed by atoms with Crippen LogP contribution in [-0.4, -0.2) is 49.6 Å². The molecule has 0 bridgehead atoms. The average molecular weight is 464 g/mol. The Morgan fingerprint density at radius 1 is 1.30 bits per heavy atom. The Balaban J connectivity index is 1.38. The number of aromatic nitrogens is 2. The lowest BCUT2D eigenvalue weighted by Crippen LogP contribution is -2.46. The summed E-state index contributed by atoms with van der Waals surface area (Å²) in [7, 11) is 0.487. The molecule has 0 spiro atoms. The highest BCUT2D eigenvalue weighted by Gasteiger charge is 2.36. The third kappa shape index (κ3) is 4.30. The monoisotopic (exact) mass is 463 g/mol. The summed E-state index contributed by atoms with van der Waals surface area (Å²) < 4.78 is 25.5. The summed E-state index contributed by atoms with van der Waals surface area (Å²) in [6, 6.07) is 13.5. The van der Waals surface area contributed by atoms with E-state index in [1.54, 1.807) is 23.6 Å². The maximum absolute atomic E-state index is 13.7. The Hall–Kier alpha value is -3.39. The van der Waals surface area contributed by atoms with Crippen LogP contribution >= 0.6 is 0 Å². The van der Waals surface area contributed by atoms with E-state index in [1.807, 2.05) is 42.6 Å². The molecule has 7 nitrogen and oxygen atoms in total. The minimum Gasteiger partial charge on any atom is -0.481 e. The highest BCUT2D eigenvalue weighted by Crippen LogP contribution is 2.33. The predicted octanol–water partition coefficient (Wildman–Crippen LogP) is 3.17. The third-order valence-electron chi connectivity index (χ3n) is 6.06. The summed E-state index contributed by atoms with van der Waals surface area (Å²) in [4.78, 5) is 19.5. The Bertz CT molecular complexity index is 1250. The molecule has 4 heterocycles. The zero-order valence-electron chi connectivity index (χ0n) is 18.5. The van der Waals surface area contributed by atoms with Crippen LogP contribution < -0.4 is 9.47 Å². The highest BCUT2D eigenvalue weighted by molar-refractivity contribution is 7.88. The fourth-order valence-electron chi connectivity index (χ4n) is 4.33. The number of amides is 1. The predicted molar refractivity (Wildman–Crippen MR) is 126 cm³/mol. The van der Waals surface area contributed by atoms with Crippen LogP contribution in [0.2, 0.25) is 0 Å². The quantitative estimate of drug-likeness (QED) is 0.562. The molecule has 3 aromatic rings. The Kier molecular flexibility index (Phi) is 5.76. The number of ether oxygens (including phenoxy) is 2. The Labute approximate surface area is 195 Å². The summed E-state index contributed by atoms with van der Waals surface area (Å²) >= 11 is 0. The first-order chi connectivity index (χ1) is 16.0. The molecule has 0 saturated heterocycles. The van der Waals surface area contributed by atoms with Gasteiger partial charge in [0.15, 0.2) is 6.10 Å². The zero-order chi connectivity index (χ0) is 22.9. The summed E-state index contributed by atoms with van der Waals surface area (Å²) in [6.07, 6.45) is 5.41. The molecule has 0 N–H and O–H groups in total. The average Bonchev–Trinajstić information content (AvgIpc) is 3.56. The Morgan fingerprint density at radius 3 is 2.91 bits per heavy atom. The summed E-state index contributed by atoms with van der Waals surface area (Å²) in [5.74, 6) is 1.50. The molecule has 1 amide bonds. The van der Waals surface area contributed by atoms with Crippen LogP contribution in [0, 0.1) is 6.92 Å². The van der Waals surface area contributed by atoms with Gasteiger partial charge in [0.2, 0.25) is 5.88 Å². The van der Waals surface area contributed by atoms with Crippen molar-refractivity contribution in [3.8, 4) is 17.3 Å². The molecule has 2 aromatic heterocycles. The molecule has 5 rings (SSSR count). The lowest BCUT2D eigenvalue weighted by molar-refractivity contribution is -0.139. The van der Waals surface area contributed by atoms with Crippen LogP contribution in [0.1, 0.15) is 16.8 Å². The minimum absolute atomic E-state index is 0.116. The van der Waals surface area contributed by atoms with Gasteiger partial charge in [-0.05, 0) is 48.9 Å². The molecular weight excluding hydrogens is 438 g/mol. The van der Waals surface area contributed by atoms with Crippen molar-refractivity contribution in [2.24, 2.45) is 0 Å². The first kappa shape index (κ1) is 21.5. The molecule has 3 unspecified atom stereocenters. The van der Waals surface area contributed by atoms with Gasteiger partial charge in [0.1, 0.15) is 5.75 Å². The van der Waals surface area contributed by atoms with Crippen LogP contribution in [-0.2, 0) is 28.6 Å². The maximum Gasteiger partial charge on any atom is 0.264 e. The smallest absolute Gasteiger partial charge is 0.264 e.